The average molecular weight is 529 g/mol. The highest BCUT2D eigenvalue weighted by molar-refractivity contribution is 5.87. The van der Waals surface area contributed by atoms with E-state index in [1.165, 1.54) is 6.08 Å². The SMILES string of the molecule is C=CC(=O)N1CCC(Oc2cc(-c3cc4c(c(C)n3)OCc3c(N5CCOCC5)ccnc3N4)ccn2)CC1. The van der Waals surface area contributed by atoms with Crippen LogP contribution in [-0.4, -0.2) is 71.3 Å². The van der Waals surface area contributed by atoms with Crippen LogP contribution < -0.4 is 19.7 Å². The van der Waals surface area contributed by atoms with Gasteiger partial charge in [0, 0.05) is 68.7 Å². The lowest BCUT2D eigenvalue weighted by molar-refractivity contribution is -0.127. The van der Waals surface area contributed by atoms with Crippen molar-refractivity contribution in [3.05, 3.63) is 60.6 Å². The monoisotopic (exact) mass is 528 g/mol. The molecule has 3 aliphatic rings. The maximum absolute atomic E-state index is 11.9. The minimum atomic E-state index is -0.0362. The van der Waals surface area contributed by atoms with E-state index >= 15 is 0 Å². The molecular formula is C29H32N6O4. The number of pyridine rings is 3. The molecule has 2 saturated heterocycles. The van der Waals surface area contributed by atoms with E-state index in [1.807, 2.05) is 37.4 Å². The molecule has 0 bridgehead atoms. The Morgan fingerprint density at radius 3 is 2.72 bits per heavy atom. The largest absolute Gasteiger partial charge is 0.485 e. The van der Waals surface area contributed by atoms with Crippen molar-refractivity contribution in [2.24, 2.45) is 0 Å². The molecule has 39 heavy (non-hydrogen) atoms. The van der Waals surface area contributed by atoms with Gasteiger partial charge in [0.25, 0.3) is 0 Å². The van der Waals surface area contributed by atoms with Gasteiger partial charge in [0.05, 0.1) is 35.9 Å². The van der Waals surface area contributed by atoms with Gasteiger partial charge in [-0.15, -0.1) is 0 Å². The number of aryl methyl sites for hydroxylation is 1. The smallest absolute Gasteiger partial charge is 0.245 e. The molecule has 1 amide bonds. The number of carbonyl (C=O) groups excluding carboxylic acids is 1. The lowest BCUT2D eigenvalue weighted by Crippen LogP contribution is -2.41. The van der Waals surface area contributed by atoms with Crippen molar-refractivity contribution in [1.29, 1.82) is 0 Å². The highest BCUT2D eigenvalue weighted by atomic mass is 16.5. The molecule has 0 radical (unpaired) electrons. The topological polar surface area (TPSA) is 102 Å². The van der Waals surface area contributed by atoms with E-state index in [2.05, 4.69) is 26.8 Å². The average Bonchev–Trinajstić information content (AvgIpc) is 3.17. The predicted molar refractivity (Wildman–Crippen MR) is 148 cm³/mol. The number of nitrogens with zero attached hydrogens (tertiary/aromatic N) is 5. The highest BCUT2D eigenvalue weighted by Crippen LogP contribution is 2.40. The summed E-state index contributed by atoms with van der Waals surface area (Å²) in [5.41, 5.74) is 5.43. The van der Waals surface area contributed by atoms with Crippen molar-refractivity contribution in [2.75, 3.05) is 49.6 Å². The molecule has 6 heterocycles. The summed E-state index contributed by atoms with van der Waals surface area (Å²) < 4.78 is 18.0. The van der Waals surface area contributed by atoms with Gasteiger partial charge in [0.1, 0.15) is 18.5 Å². The second-order valence-corrected chi connectivity index (χ2v) is 9.87. The maximum Gasteiger partial charge on any atom is 0.245 e. The van der Waals surface area contributed by atoms with Crippen LogP contribution >= 0.6 is 0 Å². The summed E-state index contributed by atoms with van der Waals surface area (Å²) in [5, 5.41) is 3.51. The zero-order chi connectivity index (χ0) is 26.8. The van der Waals surface area contributed by atoms with Crippen molar-refractivity contribution in [3.63, 3.8) is 0 Å². The van der Waals surface area contributed by atoms with Crippen molar-refractivity contribution >= 4 is 23.1 Å². The summed E-state index contributed by atoms with van der Waals surface area (Å²) in [6, 6.07) is 7.86. The first-order chi connectivity index (χ1) is 19.1. The number of amides is 1. The molecule has 0 saturated carbocycles. The quantitative estimate of drug-likeness (QED) is 0.495. The summed E-state index contributed by atoms with van der Waals surface area (Å²) in [6.45, 7) is 10.3. The molecule has 3 aliphatic heterocycles. The Morgan fingerprint density at radius 2 is 1.92 bits per heavy atom. The number of likely N-dealkylation sites (tertiary alicyclic amines) is 1. The van der Waals surface area contributed by atoms with Crippen molar-refractivity contribution < 1.29 is 19.0 Å². The Labute approximate surface area is 227 Å². The van der Waals surface area contributed by atoms with E-state index in [0.717, 1.165) is 71.4 Å². The van der Waals surface area contributed by atoms with Crippen LogP contribution in [0.25, 0.3) is 11.3 Å². The second kappa shape index (κ2) is 10.9. The third-order valence-corrected chi connectivity index (χ3v) is 7.39. The molecule has 0 atom stereocenters. The number of piperidine rings is 1. The fraction of sp³-hybridized carbons (Fsp3) is 0.379. The van der Waals surface area contributed by atoms with Gasteiger partial charge in [-0.25, -0.2) is 15.0 Å². The molecule has 0 spiro atoms. The number of fused-ring (bicyclic) bond motifs is 2. The minimum absolute atomic E-state index is 0.00154. The Morgan fingerprint density at radius 1 is 1.13 bits per heavy atom. The zero-order valence-electron chi connectivity index (χ0n) is 22.1. The molecule has 1 N–H and O–H groups in total. The number of aromatic nitrogens is 3. The van der Waals surface area contributed by atoms with Crippen LogP contribution in [0, 0.1) is 6.92 Å². The van der Waals surface area contributed by atoms with Gasteiger partial charge in [-0.3, -0.25) is 4.79 Å². The van der Waals surface area contributed by atoms with E-state index < -0.39 is 0 Å². The number of ether oxygens (including phenoxy) is 3. The normalized spacial score (nSPS) is 17.3. The molecule has 202 valence electrons. The molecule has 3 aromatic rings. The van der Waals surface area contributed by atoms with E-state index in [1.54, 1.807) is 11.1 Å². The van der Waals surface area contributed by atoms with Gasteiger partial charge in [0.15, 0.2) is 5.75 Å². The van der Waals surface area contributed by atoms with Crippen LogP contribution in [0.5, 0.6) is 11.6 Å². The standard InChI is InChI=1S/C29H32N6O4/c1-3-27(36)35-10-6-21(7-11-35)39-26-16-20(4-8-30-26)23-17-24-28(19(2)32-23)38-18-22-25(5-9-31-29(22)33-24)34-12-14-37-15-13-34/h3-5,8-9,16-17,21H,1,6-7,10-15,18H2,2H3,(H,31,33). The van der Waals surface area contributed by atoms with Gasteiger partial charge >= 0.3 is 0 Å². The number of carbonyl (C=O) groups is 1. The maximum atomic E-state index is 11.9. The van der Waals surface area contributed by atoms with Crippen molar-refractivity contribution in [1.82, 2.24) is 19.9 Å². The van der Waals surface area contributed by atoms with E-state index in [4.69, 9.17) is 19.2 Å². The van der Waals surface area contributed by atoms with Crippen molar-refractivity contribution in [3.8, 4) is 22.9 Å². The van der Waals surface area contributed by atoms with Crippen LogP contribution in [-0.2, 0) is 16.1 Å². The third kappa shape index (κ3) is 5.24. The number of hydrogen-bond acceptors (Lipinski definition) is 9. The summed E-state index contributed by atoms with van der Waals surface area (Å²) in [5.74, 6) is 2.01. The van der Waals surface area contributed by atoms with Crippen LogP contribution in [0.2, 0.25) is 0 Å². The predicted octanol–water partition coefficient (Wildman–Crippen LogP) is 3.88. The highest BCUT2D eigenvalue weighted by Gasteiger charge is 2.25. The van der Waals surface area contributed by atoms with Gasteiger partial charge in [-0.05, 0) is 31.2 Å². The first kappa shape index (κ1) is 25.1. The molecule has 3 aromatic heterocycles. The molecule has 6 rings (SSSR count). The molecule has 0 aromatic carbocycles. The molecule has 2 fully saturated rings. The minimum Gasteiger partial charge on any atom is -0.485 e. The van der Waals surface area contributed by atoms with Crippen molar-refractivity contribution in [2.45, 2.75) is 32.5 Å². The number of rotatable bonds is 5. The second-order valence-electron chi connectivity index (χ2n) is 9.87. The molecule has 10 nitrogen and oxygen atoms in total. The Kier molecular flexibility index (Phi) is 7.02. The van der Waals surface area contributed by atoms with Crippen LogP contribution in [0.4, 0.5) is 17.2 Å². The summed E-state index contributed by atoms with van der Waals surface area (Å²) in [7, 11) is 0. The Hall–Kier alpha value is -4.18. The first-order valence-corrected chi connectivity index (χ1v) is 13.4. The Bertz CT molecular complexity index is 1380. The first-order valence-electron chi connectivity index (χ1n) is 13.4. The Balaban J connectivity index is 1.22. The van der Waals surface area contributed by atoms with E-state index in [0.29, 0.717) is 38.8 Å². The van der Waals surface area contributed by atoms with Crippen LogP contribution in [0.3, 0.4) is 0 Å². The van der Waals surface area contributed by atoms with Crippen LogP contribution in [0.15, 0.2) is 49.3 Å². The lowest BCUT2D eigenvalue weighted by Gasteiger charge is -2.31. The van der Waals surface area contributed by atoms with Gasteiger partial charge in [-0.2, -0.15) is 0 Å². The molecule has 0 aliphatic carbocycles. The van der Waals surface area contributed by atoms with Gasteiger partial charge < -0.3 is 29.3 Å². The van der Waals surface area contributed by atoms with Gasteiger partial charge in [0.2, 0.25) is 11.8 Å². The lowest BCUT2D eigenvalue weighted by atomic mass is 10.1. The number of hydrogen-bond donors (Lipinski definition) is 1. The summed E-state index contributed by atoms with van der Waals surface area (Å²) >= 11 is 0. The summed E-state index contributed by atoms with van der Waals surface area (Å²) in [4.78, 5) is 29.9. The fourth-order valence-corrected chi connectivity index (χ4v) is 5.32. The van der Waals surface area contributed by atoms with Crippen LogP contribution in [0.1, 0.15) is 24.1 Å². The molecular weight excluding hydrogens is 496 g/mol. The summed E-state index contributed by atoms with van der Waals surface area (Å²) in [6.07, 6.45) is 6.43. The number of anilines is 3. The van der Waals surface area contributed by atoms with E-state index in [9.17, 15) is 4.79 Å². The molecule has 0 unspecified atom stereocenters. The van der Waals surface area contributed by atoms with Gasteiger partial charge in [-0.1, -0.05) is 6.58 Å². The fourth-order valence-electron chi connectivity index (χ4n) is 5.32. The number of nitrogens with one attached hydrogen (secondary N) is 1. The number of morpholine rings is 1. The zero-order valence-corrected chi connectivity index (χ0v) is 22.1. The molecule has 10 heteroatoms. The van der Waals surface area contributed by atoms with E-state index in [-0.39, 0.29) is 12.0 Å². The third-order valence-electron chi connectivity index (χ3n) is 7.39.